The molecule has 0 atom stereocenters. The summed E-state index contributed by atoms with van der Waals surface area (Å²) < 4.78 is 5.84. The van der Waals surface area contributed by atoms with E-state index in [0.717, 1.165) is 16.7 Å². The maximum atomic E-state index is 13.1. The number of halogens is 1. The van der Waals surface area contributed by atoms with Crippen molar-refractivity contribution in [2.45, 2.75) is 13.5 Å². The summed E-state index contributed by atoms with van der Waals surface area (Å²) in [5.41, 5.74) is 3.44. The van der Waals surface area contributed by atoms with Crippen molar-refractivity contribution >= 4 is 35.2 Å². The van der Waals surface area contributed by atoms with E-state index in [9.17, 15) is 9.59 Å². The molecule has 0 saturated carbocycles. The molecule has 0 saturated heterocycles. The molecule has 0 radical (unpaired) electrons. The Morgan fingerprint density at radius 2 is 1.84 bits per heavy atom. The van der Waals surface area contributed by atoms with E-state index in [1.165, 1.54) is 4.90 Å². The minimum atomic E-state index is -0.385. The van der Waals surface area contributed by atoms with Gasteiger partial charge in [-0.05, 0) is 48.4 Å². The number of ether oxygens (including phenoxy) is 1. The number of carbonyl (C=O) groups is 2. The van der Waals surface area contributed by atoms with Crippen molar-refractivity contribution in [1.82, 2.24) is 5.32 Å². The highest BCUT2D eigenvalue weighted by Gasteiger charge is 2.31. The molecule has 1 heterocycles. The van der Waals surface area contributed by atoms with Crippen LogP contribution in [-0.4, -0.2) is 18.4 Å². The van der Waals surface area contributed by atoms with Crippen LogP contribution in [0.1, 0.15) is 16.7 Å². The molecular formula is C25H21ClN2O3. The van der Waals surface area contributed by atoms with Crippen molar-refractivity contribution in [2.24, 2.45) is 0 Å². The molecule has 3 aromatic carbocycles. The predicted octanol–water partition coefficient (Wildman–Crippen LogP) is 4.73. The highest BCUT2D eigenvalue weighted by Crippen LogP contribution is 2.35. The van der Waals surface area contributed by atoms with Gasteiger partial charge in [0.1, 0.15) is 6.54 Å². The Kier molecular flexibility index (Phi) is 6.05. The van der Waals surface area contributed by atoms with Gasteiger partial charge >= 0.3 is 0 Å². The SMILES string of the molecule is Cc1ccc(CNC(=O)CN2C(=O)C(=Cc3cccc(Cl)c3)Oc3ccccc32)cc1. The molecule has 1 aliphatic heterocycles. The number of rotatable bonds is 5. The molecule has 0 bridgehead atoms. The van der Waals surface area contributed by atoms with Crippen LogP contribution in [0, 0.1) is 6.92 Å². The maximum Gasteiger partial charge on any atom is 0.294 e. The predicted molar refractivity (Wildman–Crippen MR) is 122 cm³/mol. The lowest BCUT2D eigenvalue weighted by molar-refractivity contribution is -0.123. The van der Waals surface area contributed by atoms with Gasteiger partial charge in [0.2, 0.25) is 5.91 Å². The van der Waals surface area contributed by atoms with Crippen molar-refractivity contribution in [3.05, 3.63) is 100 Å². The van der Waals surface area contributed by atoms with Gasteiger partial charge in [0.05, 0.1) is 5.69 Å². The fourth-order valence-electron chi connectivity index (χ4n) is 3.27. The largest absolute Gasteiger partial charge is 0.449 e. The van der Waals surface area contributed by atoms with Crippen LogP contribution in [0.5, 0.6) is 5.75 Å². The Hall–Kier alpha value is -3.57. The van der Waals surface area contributed by atoms with E-state index in [2.05, 4.69) is 5.32 Å². The van der Waals surface area contributed by atoms with Gasteiger partial charge in [-0.1, -0.05) is 65.7 Å². The third kappa shape index (κ3) is 4.95. The zero-order valence-corrected chi connectivity index (χ0v) is 17.7. The molecule has 0 spiro atoms. The van der Waals surface area contributed by atoms with E-state index < -0.39 is 0 Å². The molecule has 1 aliphatic rings. The Morgan fingerprint density at radius 1 is 1.06 bits per heavy atom. The van der Waals surface area contributed by atoms with E-state index in [1.54, 1.807) is 42.5 Å². The lowest BCUT2D eigenvalue weighted by atomic mass is 10.1. The Balaban J connectivity index is 1.54. The van der Waals surface area contributed by atoms with Crippen LogP contribution in [0.3, 0.4) is 0 Å². The fourth-order valence-corrected chi connectivity index (χ4v) is 3.47. The smallest absolute Gasteiger partial charge is 0.294 e. The van der Waals surface area contributed by atoms with Gasteiger partial charge in [-0.15, -0.1) is 0 Å². The van der Waals surface area contributed by atoms with Crippen LogP contribution >= 0.6 is 11.6 Å². The summed E-state index contributed by atoms with van der Waals surface area (Å²) >= 11 is 6.05. The number of nitrogens with zero attached hydrogens (tertiary/aromatic N) is 1. The average Bonchev–Trinajstić information content (AvgIpc) is 2.76. The number of carbonyl (C=O) groups excluding carboxylic acids is 2. The van der Waals surface area contributed by atoms with Gasteiger partial charge in [0.15, 0.2) is 11.5 Å². The number of nitrogens with one attached hydrogen (secondary N) is 1. The minimum absolute atomic E-state index is 0.113. The minimum Gasteiger partial charge on any atom is -0.449 e. The molecule has 31 heavy (non-hydrogen) atoms. The first kappa shape index (κ1) is 20.7. The number of para-hydroxylation sites is 2. The van der Waals surface area contributed by atoms with Crippen LogP contribution in [0.4, 0.5) is 5.69 Å². The van der Waals surface area contributed by atoms with Crippen molar-refractivity contribution < 1.29 is 14.3 Å². The topological polar surface area (TPSA) is 58.6 Å². The van der Waals surface area contributed by atoms with Gasteiger partial charge < -0.3 is 10.1 Å². The zero-order valence-electron chi connectivity index (χ0n) is 17.0. The molecule has 0 unspecified atom stereocenters. The summed E-state index contributed by atoms with van der Waals surface area (Å²) in [7, 11) is 0. The van der Waals surface area contributed by atoms with Crippen molar-refractivity contribution in [3.63, 3.8) is 0 Å². The van der Waals surface area contributed by atoms with Gasteiger partial charge in [-0.25, -0.2) is 0 Å². The molecule has 5 nitrogen and oxygen atoms in total. The zero-order chi connectivity index (χ0) is 21.8. The third-order valence-corrected chi connectivity index (χ3v) is 5.13. The molecular weight excluding hydrogens is 412 g/mol. The van der Waals surface area contributed by atoms with E-state index in [0.29, 0.717) is 23.0 Å². The van der Waals surface area contributed by atoms with E-state index in [4.69, 9.17) is 16.3 Å². The summed E-state index contributed by atoms with van der Waals surface area (Å²) in [6.45, 7) is 2.29. The number of benzene rings is 3. The standard InChI is InChI=1S/C25H21ClN2O3/c1-17-9-11-18(12-10-17)15-27-24(29)16-28-21-7-2-3-8-22(21)31-23(25(28)30)14-19-5-4-6-20(26)13-19/h2-14H,15-16H2,1H3,(H,27,29). The van der Waals surface area contributed by atoms with Gasteiger partial charge in [0, 0.05) is 11.6 Å². The van der Waals surface area contributed by atoms with E-state index in [1.807, 2.05) is 43.3 Å². The summed E-state index contributed by atoms with van der Waals surface area (Å²) in [5, 5.41) is 3.44. The maximum absolute atomic E-state index is 13.1. The molecule has 6 heteroatoms. The van der Waals surface area contributed by atoms with Crippen LogP contribution in [0.15, 0.2) is 78.6 Å². The van der Waals surface area contributed by atoms with Gasteiger partial charge in [-0.3, -0.25) is 14.5 Å². The number of anilines is 1. The second kappa shape index (κ2) is 9.06. The lowest BCUT2D eigenvalue weighted by Gasteiger charge is -2.30. The van der Waals surface area contributed by atoms with Crippen LogP contribution in [-0.2, 0) is 16.1 Å². The quantitative estimate of drug-likeness (QED) is 0.593. The second-order valence-electron chi connectivity index (χ2n) is 7.29. The molecule has 3 aromatic rings. The first-order chi connectivity index (χ1) is 15.0. The second-order valence-corrected chi connectivity index (χ2v) is 7.72. The third-order valence-electron chi connectivity index (χ3n) is 4.89. The number of aryl methyl sites for hydroxylation is 1. The monoisotopic (exact) mass is 432 g/mol. The summed E-state index contributed by atoms with van der Waals surface area (Å²) in [5.74, 6) is 0.00547. The number of hydrogen-bond donors (Lipinski definition) is 1. The van der Waals surface area contributed by atoms with Gasteiger partial charge in [-0.2, -0.15) is 0 Å². The average molecular weight is 433 g/mol. The Labute approximate surface area is 185 Å². The highest BCUT2D eigenvalue weighted by atomic mass is 35.5. The highest BCUT2D eigenvalue weighted by molar-refractivity contribution is 6.30. The normalized spacial score (nSPS) is 14.2. The van der Waals surface area contributed by atoms with Crippen LogP contribution < -0.4 is 15.0 Å². The van der Waals surface area contributed by atoms with E-state index >= 15 is 0 Å². The summed E-state index contributed by atoms with van der Waals surface area (Å²) in [4.78, 5) is 27.2. The van der Waals surface area contributed by atoms with Crippen LogP contribution in [0.25, 0.3) is 6.08 Å². The van der Waals surface area contributed by atoms with Crippen molar-refractivity contribution in [2.75, 3.05) is 11.4 Å². The first-order valence-electron chi connectivity index (χ1n) is 9.88. The Bertz CT molecular complexity index is 1160. The molecule has 1 N–H and O–H groups in total. The number of hydrogen-bond acceptors (Lipinski definition) is 3. The van der Waals surface area contributed by atoms with Gasteiger partial charge in [0.25, 0.3) is 5.91 Å². The summed E-state index contributed by atoms with van der Waals surface area (Å²) in [6, 6.07) is 22.2. The van der Waals surface area contributed by atoms with Crippen molar-refractivity contribution in [1.29, 1.82) is 0 Å². The number of amides is 2. The van der Waals surface area contributed by atoms with Crippen LogP contribution in [0.2, 0.25) is 5.02 Å². The molecule has 0 aromatic heterocycles. The molecule has 0 aliphatic carbocycles. The first-order valence-corrected chi connectivity index (χ1v) is 10.3. The Morgan fingerprint density at radius 3 is 2.61 bits per heavy atom. The van der Waals surface area contributed by atoms with E-state index in [-0.39, 0.29) is 24.1 Å². The number of fused-ring (bicyclic) bond motifs is 1. The van der Waals surface area contributed by atoms with Crippen molar-refractivity contribution in [3.8, 4) is 5.75 Å². The summed E-state index contributed by atoms with van der Waals surface area (Å²) in [6.07, 6.45) is 1.63. The fraction of sp³-hybridized carbons (Fsp3) is 0.120. The molecule has 0 fully saturated rings. The molecule has 2 amide bonds. The molecule has 156 valence electrons. The molecule has 4 rings (SSSR count). The lowest BCUT2D eigenvalue weighted by Crippen LogP contribution is -2.44.